The minimum atomic E-state index is 0.285. The van der Waals surface area contributed by atoms with Gasteiger partial charge in [-0.3, -0.25) is 0 Å². The molecule has 0 fully saturated rings. The minimum Gasteiger partial charge on any atom is -0.314 e. The third kappa shape index (κ3) is 6.35. The lowest BCUT2D eigenvalue weighted by molar-refractivity contribution is 0.194. The molecule has 0 aliphatic heterocycles. The van der Waals surface area contributed by atoms with Gasteiger partial charge in [-0.25, -0.2) is 0 Å². The van der Waals surface area contributed by atoms with Gasteiger partial charge in [0.1, 0.15) is 0 Å². The van der Waals surface area contributed by atoms with Gasteiger partial charge >= 0.3 is 0 Å². The van der Waals surface area contributed by atoms with Crippen molar-refractivity contribution in [3.63, 3.8) is 0 Å². The van der Waals surface area contributed by atoms with Crippen molar-refractivity contribution in [2.24, 2.45) is 22.7 Å². The average molecular weight is 530 g/mol. The summed E-state index contributed by atoms with van der Waals surface area (Å²) in [6.45, 7) is 16.6. The summed E-state index contributed by atoms with van der Waals surface area (Å²) < 4.78 is 0. The van der Waals surface area contributed by atoms with E-state index in [1.54, 1.807) is 0 Å². The normalized spacial score (nSPS) is 21.8. The maximum Gasteiger partial charge on any atom is 0.0458 e. The highest BCUT2D eigenvalue weighted by Gasteiger charge is 2.31. The van der Waals surface area contributed by atoms with E-state index in [1.165, 1.54) is 51.3 Å². The molecular formula is C39H47N. The van der Waals surface area contributed by atoms with Gasteiger partial charge in [0.15, 0.2) is 0 Å². The standard InChI is InChI=1S/C39H47N/c1-8-32-22-28(2)23-37(29(32)3)40(35-12-10-9-11-13-35)36-20-16-30(17-21-36)14-18-33-24-31-15-19-34(33)26-39(6,7)27-38(4,5)25-31/h9-24,28-29H,8,25-27H2,1-7H3. The van der Waals surface area contributed by atoms with Crippen molar-refractivity contribution in [3.8, 4) is 0 Å². The third-order valence-corrected chi connectivity index (χ3v) is 8.72. The predicted molar refractivity (Wildman–Crippen MR) is 175 cm³/mol. The van der Waals surface area contributed by atoms with E-state index in [9.17, 15) is 0 Å². The molecule has 0 saturated carbocycles. The van der Waals surface area contributed by atoms with Gasteiger partial charge in [-0.1, -0.05) is 127 Å². The van der Waals surface area contributed by atoms with E-state index < -0.39 is 0 Å². The van der Waals surface area contributed by atoms with Gasteiger partial charge in [-0.05, 0) is 89.0 Å². The van der Waals surface area contributed by atoms with Crippen molar-refractivity contribution in [3.05, 3.63) is 118 Å². The molecule has 3 aromatic rings. The topological polar surface area (TPSA) is 3.24 Å². The van der Waals surface area contributed by atoms with E-state index in [0.29, 0.717) is 17.3 Å². The zero-order valence-electron chi connectivity index (χ0n) is 25.7. The molecule has 0 spiro atoms. The monoisotopic (exact) mass is 529 g/mol. The number of allylic oxidation sites excluding steroid dienone is 3. The summed E-state index contributed by atoms with van der Waals surface area (Å²) in [7, 11) is 0. The van der Waals surface area contributed by atoms with E-state index in [2.05, 4.69) is 150 Å². The Morgan fingerprint density at radius 3 is 2.15 bits per heavy atom. The van der Waals surface area contributed by atoms with E-state index in [1.807, 2.05) is 0 Å². The first-order valence-electron chi connectivity index (χ1n) is 15.2. The van der Waals surface area contributed by atoms with Gasteiger partial charge in [-0.15, -0.1) is 0 Å². The summed E-state index contributed by atoms with van der Waals surface area (Å²) in [6, 6.07) is 27.1. The lowest BCUT2D eigenvalue weighted by Gasteiger charge is -2.35. The van der Waals surface area contributed by atoms with Crippen LogP contribution in [0.15, 0.2) is 96.2 Å². The minimum absolute atomic E-state index is 0.285. The van der Waals surface area contributed by atoms with Crippen molar-refractivity contribution < 1.29 is 0 Å². The molecule has 0 aromatic heterocycles. The van der Waals surface area contributed by atoms with Crippen LogP contribution in [0.4, 0.5) is 11.4 Å². The molecule has 3 aliphatic rings. The molecule has 2 atom stereocenters. The molecule has 2 bridgehead atoms. The third-order valence-electron chi connectivity index (χ3n) is 8.72. The van der Waals surface area contributed by atoms with Gasteiger partial charge in [0.25, 0.3) is 0 Å². The number of hydrogen-bond donors (Lipinski definition) is 0. The summed E-state index contributed by atoms with van der Waals surface area (Å²) in [4.78, 5) is 2.46. The van der Waals surface area contributed by atoms with Crippen LogP contribution in [0.5, 0.6) is 0 Å². The lowest BCUT2D eigenvalue weighted by atomic mass is 9.71. The van der Waals surface area contributed by atoms with Crippen molar-refractivity contribution in [1.82, 2.24) is 0 Å². The van der Waals surface area contributed by atoms with Crippen LogP contribution in [0.3, 0.4) is 0 Å². The summed E-state index contributed by atoms with van der Waals surface area (Å²) in [5, 5.41) is 0. The number of benzene rings is 3. The summed E-state index contributed by atoms with van der Waals surface area (Å²) in [6.07, 6.45) is 14.1. The summed E-state index contributed by atoms with van der Waals surface area (Å²) >= 11 is 0. The van der Waals surface area contributed by atoms with Crippen LogP contribution in [0.1, 0.15) is 83.6 Å². The number of fused-ring (bicyclic) bond motifs is 6. The number of para-hydroxylation sites is 1. The van der Waals surface area contributed by atoms with Crippen molar-refractivity contribution in [2.45, 2.75) is 74.1 Å². The van der Waals surface area contributed by atoms with Crippen LogP contribution in [-0.2, 0) is 12.8 Å². The average Bonchev–Trinajstić information content (AvgIpc) is 2.97. The van der Waals surface area contributed by atoms with E-state index in [4.69, 9.17) is 0 Å². The smallest absolute Gasteiger partial charge is 0.0458 e. The van der Waals surface area contributed by atoms with Gasteiger partial charge in [0, 0.05) is 23.0 Å². The first kappa shape index (κ1) is 28.2. The molecule has 3 aliphatic carbocycles. The summed E-state index contributed by atoms with van der Waals surface area (Å²) in [5.74, 6) is 0.828. The molecule has 2 unspecified atom stereocenters. The summed E-state index contributed by atoms with van der Waals surface area (Å²) in [5.41, 5.74) is 11.4. The van der Waals surface area contributed by atoms with Crippen LogP contribution < -0.4 is 4.90 Å². The number of anilines is 2. The number of rotatable bonds is 6. The first-order valence-corrected chi connectivity index (χ1v) is 15.2. The fourth-order valence-corrected chi connectivity index (χ4v) is 7.33. The highest BCUT2D eigenvalue weighted by atomic mass is 15.2. The fourth-order valence-electron chi connectivity index (χ4n) is 7.33. The van der Waals surface area contributed by atoms with Crippen LogP contribution in [0, 0.1) is 22.7 Å². The molecule has 0 N–H and O–H groups in total. The molecule has 0 heterocycles. The highest BCUT2D eigenvalue weighted by Crippen LogP contribution is 2.42. The zero-order valence-corrected chi connectivity index (χ0v) is 25.7. The quantitative estimate of drug-likeness (QED) is 0.227. The van der Waals surface area contributed by atoms with Gasteiger partial charge in [0.2, 0.25) is 0 Å². The molecule has 1 heteroatoms. The van der Waals surface area contributed by atoms with Crippen LogP contribution in [0.25, 0.3) is 12.2 Å². The highest BCUT2D eigenvalue weighted by molar-refractivity contribution is 5.75. The van der Waals surface area contributed by atoms with Crippen molar-refractivity contribution in [1.29, 1.82) is 0 Å². The van der Waals surface area contributed by atoms with Gasteiger partial charge < -0.3 is 4.90 Å². The Balaban J connectivity index is 1.45. The second-order valence-electron chi connectivity index (χ2n) is 13.8. The van der Waals surface area contributed by atoms with E-state index in [-0.39, 0.29) is 5.41 Å². The van der Waals surface area contributed by atoms with Gasteiger partial charge in [-0.2, -0.15) is 0 Å². The molecule has 3 aromatic carbocycles. The second kappa shape index (κ2) is 11.3. The Bertz CT molecular complexity index is 1420. The Morgan fingerprint density at radius 2 is 1.45 bits per heavy atom. The molecule has 208 valence electrons. The number of nitrogens with zero attached hydrogens (tertiary/aromatic N) is 1. The van der Waals surface area contributed by atoms with Crippen LogP contribution in [0.2, 0.25) is 0 Å². The molecule has 1 nitrogen and oxygen atoms in total. The number of hydrogen-bond acceptors (Lipinski definition) is 1. The van der Waals surface area contributed by atoms with Crippen LogP contribution >= 0.6 is 0 Å². The van der Waals surface area contributed by atoms with Gasteiger partial charge in [0.05, 0.1) is 0 Å². The lowest BCUT2D eigenvalue weighted by Crippen LogP contribution is -2.25. The van der Waals surface area contributed by atoms with Crippen molar-refractivity contribution in [2.75, 3.05) is 4.90 Å². The molecular weight excluding hydrogens is 482 g/mol. The first-order chi connectivity index (χ1) is 19.0. The molecule has 0 saturated heterocycles. The second-order valence-corrected chi connectivity index (χ2v) is 13.8. The maximum atomic E-state index is 2.46. The van der Waals surface area contributed by atoms with E-state index >= 15 is 0 Å². The van der Waals surface area contributed by atoms with Crippen LogP contribution in [-0.4, -0.2) is 0 Å². The molecule has 6 rings (SSSR count). The Labute approximate surface area is 243 Å². The predicted octanol–water partition coefficient (Wildman–Crippen LogP) is 11.0. The zero-order chi connectivity index (χ0) is 28.5. The Hall–Kier alpha value is -3.32. The van der Waals surface area contributed by atoms with E-state index in [0.717, 1.165) is 19.3 Å². The molecule has 40 heavy (non-hydrogen) atoms. The molecule has 0 amide bonds. The molecule has 0 radical (unpaired) electrons. The Kier molecular flexibility index (Phi) is 7.96. The fraction of sp³-hybridized carbons (Fsp3) is 0.385. The largest absolute Gasteiger partial charge is 0.314 e. The van der Waals surface area contributed by atoms with Crippen molar-refractivity contribution >= 4 is 23.5 Å². The SMILES string of the molecule is CCC1=CC(C)C=C(N(c2ccccc2)c2ccc(C=Cc3cc4ccc3CC(C)(C)CC(C)(C)C4)cc2)C1C. The maximum absolute atomic E-state index is 2.46. The Morgan fingerprint density at radius 1 is 0.775 bits per heavy atom.